The lowest BCUT2D eigenvalue weighted by Gasteiger charge is -2.06. The number of benzene rings is 2. The van der Waals surface area contributed by atoms with Crippen molar-refractivity contribution in [3.8, 4) is 0 Å². The van der Waals surface area contributed by atoms with Gasteiger partial charge in [-0.1, -0.05) is 41.9 Å². The first-order chi connectivity index (χ1) is 7.77. The molecule has 0 spiro atoms. The van der Waals surface area contributed by atoms with Crippen LogP contribution >= 0.6 is 11.6 Å². The minimum atomic E-state index is -0.214. The summed E-state index contributed by atoms with van der Waals surface area (Å²) in [6.07, 6.45) is 0. The molecule has 2 nitrogen and oxygen atoms in total. The number of amides is 1. The van der Waals surface area contributed by atoms with Crippen LogP contribution in [0.2, 0.25) is 5.02 Å². The third kappa shape index (κ3) is 2.41. The van der Waals surface area contributed by atoms with Gasteiger partial charge >= 0.3 is 0 Å². The van der Waals surface area contributed by atoms with Crippen molar-refractivity contribution in [2.75, 3.05) is 5.32 Å². The molecule has 0 bridgehead atoms. The van der Waals surface area contributed by atoms with Gasteiger partial charge in [-0.25, -0.2) is 0 Å². The smallest absolute Gasteiger partial charge is 0.256 e. The number of para-hydroxylation sites is 1. The van der Waals surface area contributed by atoms with Crippen LogP contribution in [0.5, 0.6) is 0 Å². The van der Waals surface area contributed by atoms with Crippen LogP contribution in [-0.4, -0.2) is 5.91 Å². The van der Waals surface area contributed by atoms with Gasteiger partial charge in [0.1, 0.15) is 0 Å². The Morgan fingerprint density at radius 3 is 2.56 bits per heavy atom. The van der Waals surface area contributed by atoms with Gasteiger partial charge in [0.15, 0.2) is 0 Å². The molecule has 1 amide bonds. The SMILES string of the molecule is O=C(Nc1ccccc1Cl)c1[c]cccc1. The summed E-state index contributed by atoms with van der Waals surface area (Å²) in [4.78, 5) is 11.8. The van der Waals surface area contributed by atoms with E-state index in [0.29, 0.717) is 16.3 Å². The zero-order valence-corrected chi connectivity index (χ0v) is 9.16. The van der Waals surface area contributed by atoms with E-state index in [1.807, 2.05) is 18.2 Å². The van der Waals surface area contributed by atoms with Crippen molar-refractivity contribution < 1.29 is 4.79 Å². The van der Waals surface area contributed by atoms with E-state index in [2.05, 4.69) is 11.4 Å². The molecule has 79 valence electrons. The molecule has 0 aliphatic heterocycles. The fourth-order valence-electron chi connectivity index (χ4n) is 1.29. The Labute approximate surface area is 98.9 Å². The van der Waals surface area contributed by atoms with Gasteiger partial charge in [0.25, 0.3) is 5.91 Å². The number of hydrogen-bond donors (Lipinski definition) is 1. The summed E-state index contributed by atoms with van der Waals surface area (Å²) in [5.74, 6) is -0.214. The molecule has 0 aliphatic carbocycles. The molecule has 0 atom stereocenters. The van der Waals surface area contributed by atoms with Crippen molar-refractivity contribution in [3.05, 3.63) is 65.2 Å². The summed E-state index contributed by atoms with van der Waals surface area (Å²) in [7, 11) is 0. The van der Waals surface area contributed by atoms with Gasteiger partial charge in [-0.15, -0.1) is 0 Å². The standard InChI is InChI=1S/C13H9ClNO/c14-11-8-4-5-9-12(11)15-13(16)10-6-2-1-3-7-10/h1-6,8-9H,(H,15,16). The van der Waals surface area contributed by atoms with Crippen molar-refractivity contribution in [1.82, 2.24) is 0 Å². The lowest BCUT2D eigenvalue weighted by Crippen LogP contribution is -2.11. The maximum atomic E-state index is 11.8. The summed E-state index contributed by atoms with van der Waals surface area (Å²) in [5.41, 5.74) is 1.09. The molecule has 0 saturated heterocycles. The zero-order valence-electron chi connectivity index (χ0n) is 8.41. The molecule has 2 aromatic carbocycles. The number of halogens is 1. The van der Waals surface area contributed by atoms with Crippen LogP contribution in [0.15, 0.2) is 48.5 Å². The Hall–Kier alpha value is -1.80. The summed E-state index contributed by atoms with van der Waals surface area (Å²) in [6.45, 7) is 0. The van der Waals surface area contributed by atoms with Gasteiger partial charge in [-0.2, -0.15) is 0 Å². The molecule has 1 radical (unpaired) electrons. The van der Waals surface area contributed by atoms with Crippen molar-refractivity contribution in [2.45, 2.75) is 0 Å². The summed E-state index contributed by atoms with van der Waals surface area (Å²) < 4.78 is 0. The van der Waals surface area contributed by atoms with E-state index in [0.717, 1.165) is 0 Å². The summed E-state index contributed by atoms with van der Waals surface area (Å²) >= 11 is 5.93. The van der Waals surface area contributed by atoms with Gasteiger partial charge in [0.2, 0.25) is 0 Å². The monoisotopic (exact) mass is 230 g/mol. The molecular weight excluding hydrogens is 222 g/mol. The molecule has 0 saturated carbocycles. The van der Waals surface area contributed by atoms with Crippen molar-refractivity contribution in [2.24, 2.45) is 0 Å². The molecule has 2 aromatic rings. The van der Waals surface area contributed by atoms with Crippen molar-refractivity contribution >= 4 is 23.2 Å². The highest BCUT2D eigenvalue weighted by Crippen LogP contribution is 2.20. The van der Waals surface area contributed by atoms with Gasteiger partial charge in [-0.3, -0.25) is 4.79 Å². The van der Waals surface area contributed by atoms with E-state index >= 15 is 0 Å². The first-order valence-corrected chi connectivity index (χ1v) is 5.18. The average molecular weight is 231 g/mol. The molecule has 3 heteroatoms. The third-order valence-electron chi connectivity index (χ3n) is 2.08. The van der Waals surface area contributed by atoms with Crippen LogP contribution < -0.4 is 5.32 Å². The predicted octanol–water partition coefficient (Wildman–Crippen LogP) is 3.39. The van der Waals surface area contributed by atoms with Gasteiger partial charge in [-0.05, 0) is 24.3 Å². The Balaban J connectivity index is 2.18. The number of nitrogens with one attached hydrogen (secondary N) is 1. The molecule has 16 heavy (non-hydrogen) atoms. The van der Waals surface area contributed by atoms with Crippen LogP contribution in [0.1, 0.15) is 10.4 Å². The normalized spacial score (nSPS) is 9.81. The molecule has 2 rings (SSSR count). The quantitative estimate of drug-likeness (QED) is 0.842. The van der Waals surface area contributed by atoms with Crippen molar-refractivity contribution in [1.29, 1.82) is 0 Å². The number of rotatable bonds is 2. The van der Waals surface area contributed by atoms with Crippen LogP contribution in [0.3, 0.4) is 0 Å². The summed E-state index contributed by atoms with van der Waals surface area (Å²) in [6, 6.07) is 17.0. The molecule has 0 heterocycles. The second kappa shape index (κ2) is 4.81. The van der Waals surface area contributed by atoms with Crippen molar-refractivity contribution in [3.63, 3.8) is 0 Å². The fraction of sp³-hybridized carbons (Fsp3) is 0. The zero-order chi connectivity index (χ0) is 11.4. The number of anilines is 1. The first-order valence-electron chi connectivity index (χ1n) is 4.80. The van der Waals surface area contributed by atoms with E-state index in [1.54, 1.807) is 30.3 Å². The second-order valence-corrected chi connectivity index (χ2v) is 3.62. The topological polar surface area (TPSA) is 29.1 Å². The Morgan fingerprint density at radius 2 is 1.88 bits per heavy atom. The second-order valence-electron chi connectivity index (χ2n) is 3.21. The Bertz CT molecular complexity index is 496. The Morgan fingerprint density at radius 1 is 1.12 bits per heavy atom. The van der Waals surface area contributed by atoms with Crippen LogP contribution in [-0.2, 0) is 0 Å². The minimum absolute atomic E-state index is 0.214. The van der Waals surface area contributed by atoms with Gasteiger partial charge < -0.3 is 5.32 Å². The van der Waals surface area contributed by atoms with E-state index in [1.165, 1.54) is 0 Å². The lowest BCUT2D eigenvalue weighted by atomic mass is 10.2. The Kier molecular flexibility index (Phi) is 3.22. The number of carbonyl (C=O) groups excluding carboxylic acids is 1. The maximum absolute atomic E-state index is 11.8. The highest BCUT2D eigenvalue weighted by atomic mass is 35.5. The molecule has 0 unspecified atom stereocenters. The fourth-order valence-corrected chi connectivity index (χ4v) is 1.47. The van der Waals surface area contributed by atoms with Gasteiger partial charge in [0, 0.05) is 5.56 Å². The van der Waals surface area contributed by atoms with Crippen LogP contribution in [0.4, 0.5) is 5.69 Å². The average Bonchev–Trinajstić information content (AvgIpc) is 2.33. The first kappa shape index (κ1) is 10.7. The minimum Gasteiger partial charge on any atom is -0.321 e. The number of hydrogen-bond acceptors (Lipinski definition) is 1. The maximum Gasteiger partial charge on any atom is 0.256 e. The number of carbonyl (C=O) groups is 1. The largest absolute Gasteiger partial charge is 0.321 e. The van der Waals surface area contributed by atoms with E-state index in [9.17, 15) is 4.79 Å². The highest BCUT2D eigenvalue weighted by Gasteiger charge is 2.06. The lowest BCUT2D eigenvalue weighted by molar-refractivity contribution is 0.102. The van der Waals surface area contributed by atoms with Crippen LogP contribution in [0, 0.1) is 6.07 Å². The molecule has 0 aromatic heterocycles. The molecular formula is C13H9ClNO. The predicted molar refractivity (Wildman–Crippen MR) is 64.7 cm³/mol. The van der Waals surface area contributed by atoms with E-state index < -0.39 is 0 Å². The molecule has 0 aliphatic rings. The molecule has 1 N–H and O–H groups in total. The highest BCUT2D eigenvalue weighted by molar-refractivity contribution is 6.33. The summed E-state index contributed by atoms with van der Waals surface area (Å²) in [5, 5.41) is 3.24. The van der Waals surface area contributed by atoms with E-state index in [-0.39, 0.29) is 5.91 Å². The van der Waals surface area contributed by atoms with E-state index in [4.69, 9.17) is 11.6 Å². The van der Waals surface area contributed by atoms with Crippen LogP contribution in [0.25, 0.3) is 0 Å². The van der Waals surface area contributed by atoms with Gasteiger partial charge in [0.05, 0.1) is 10.7 Å². The third-order valence-corrected chi connectivity index (χ3v) is 2.41. The molecule has 0 fully saturated rings.